The van der Waals surface area contributed by atoms with E-state index in [1.165, 1.54) is 5.56 Å². The number of carbonyl (C=O) groups is 1. The standard InChI is InChI=1S/C35H30N2O6/c1-4-17-40-26-12-9-24(10-13-26)35(38)42-27-14-15-28-31(19-27)43-34(37)29(20-36)33(28)25-11-16-30(32(18-25)39-3)41-21-23-7-5-22(2)6-8-23/h4-16,18-19,33H,1,17,21,37H2,2-3H3. The molecule has 0 saturated carbocycles. The van der Waals surface area contributed by atoms with Crippen LogP contribution >= 0.6 is 0 Å². The Hall–Kier alpha value is -5.68. The number of ether oxygens (including phenoxy) is 5. The molecule has 43 heavy (non-hydrogen) atoms. The molecule has 0 spiro atoms. The van der Waals surface area contributed by atoms with Gasteiger partial charge in [-0.3, -0.25) is 0 Å². The third kappa shape index (κ3) is 6.47. The third-order valence-electron chi connectivity index (χ3n) is 6.89. The Bertz CT molecular complexity index is 1720. The molecule has 8 nitrogen and oxygen atoms in total. The number of rotatable bonds is 10. The van der Waals surface area contributed by atoms with Crippen LogP contribution in [0.1, 0.15) is 38.5 Å². The molecule has 0 fully saturated rings. The molecular weight excluding hydrogens is 544 g/mol. The molecule has 0 aromatic heterocycles. The number of nitriles is 1. The number of benzene rings is 4. The SMILES string of the molecule is C=CCOc1ccc(C(=O)Oc2ccc3c(c2)OC(N)=C(C#N)C3c2ccc(OCc3ccc(C)cc3)c(OC)c2)cc1. The first kappa shape index (κ1) is 28.8. The van der Waals surface area contributed by atoms with Crippen LogP contribution in [0.25, 0.3) is 0 Å². The van der Waals surface area contributed by atoms with Crippen LogP contribution in [0.15, 0.2) is 109 Å². The van der Waals surface area contributed by atoms with Crippen LogP contribution in [-0.2, 0) is 6.61 Å². The molecule has 1 aliphatic rings. The third-order valence-corrected chi connectivity index (χ3v) is 6.89. The molecule has 0 bridgehead atoms. The van der Waals surface area contributed by atoms with E-state index < -0.39 is 11.9 Å². The average Bonchev–Trinajstić information content (AvgIpc) is 3.03. The molecular formula is C35H30N2O6. The summed E-state index contributed by atoms with van der Waals surface area (Å²) >= 11 is 0. The summed E-state index contributed by atoms with van der Waals surface area (Å²) in [6.45, 7) is 6.39. The van der Waals surface area contributed by atoms with E-state index in [9.17, 15) is 10.1 Å². The Morgan fingerprint density at radius 1 is 0.977 bits per heavy atom. The average molecular weight is 575 g/mol. The van der Waals surface area contributed by atoms with Gasteiger partial charge in [-0.1, -0.05) is 54.6 Å². The molecule has 1 unspecified atom stereocenters. The van der Waals surface area contributed by atoms with E-state index in [0.717, 1.165) is 11.1 Å². The summed E-state index contributed by atoms with van der Waals surface area (Å²) in [5.74, 6) is 1.22. The molecule has 0 saturated heterocycles. The Morgan fingerprint density at radius 3 is 2.42 bits per heavy atom. The maximum absolute atomic E-state index is 12.8. The number of nitrogens with zero attached hydrogens (tertiary/aromatic N) is 1. The first-order chi connectivity index (χ1) is 20.9. The van der Waals surface area contributed by atoms with Crippen molar-refractivity contribution in [2.75, 3.05) is 13.7 Å². The van der Waals surface area contributed by atoms with Crippen molar-refractivity contribution < 1.29 is 28.5 Å². The Labute approximate surface area is 250 Å². The van der Waals surface area contributed by atoms with Crippen molar-refractivity contribution in [1.29, 1.82) is 5.26 Å². The van der Waals surface area contributed by atoms with Crippen LogP contribution < -0.4 is 29.4 Å². The van der Waals surface area contributed by atoms with Crippen molar-refractivity contribution in [3.8, 4) is 34.8 Å². The fourth-order valence-electron chi connectivity index (χ4n) is 4.68. The monoisotopic (exact) mass is 574 g/mol. The lowest BCUT2D eigenvalue weighted by Gasteiger charge is -2.27. The number of fused-ring (bicyclic) bond motifs is 1. The first-order valence-electron chi connectivity index (χ1n) is 13.5. The highest BCUT2D eigenvalue weighted by Gasteiger charge is 2.32. The summed E-state index contributed by atoms with van der Waals surface area (Å²) in [6.07, 6.45) is 1.64. The minimum absolute atomic E-state index is 0.0303. The summed E-state index contributed by atoms with van der Waals surface area (Å²) in [5, 5.41) is 9.99. The molecule has 5 rings (SSSR count). The van der Waals surface area contributed by atoms with E-state index in [1.54, 1.807) is 55.7 Å². The van der Waals surface area contributed by atoms with E-state index in [0.29, 0.717) is 47.3 Å². The van der Waals surface area contributed by atoms with E-state index in [1.807, 2.05) is 49.4 Å². The summed E-state index contributed by atoms with van der Waals surface area (Å²) in [5.41, 5.74) is 10.5. The van der Waals surface area contributed by atoms with Gasteiger partial charge in [0.15, 0.2) is 11.5 Å². The van der Waals surface area contributed by atoms with Gasteiger partial charge in [0.25, 0.3) is 0 Å². The Balaban J connectivity index is 1.38. The van der Waals surface area contributed by atoms with E-state index in [-0.39, 0.29) is 17.2 Å². The van der Waals surface area contributed by atoms with Crippen molar-refractivity contribution in [1.82, 2.24) is 0 Å². The number of nitrogens with two attached hydrogens (primary N) is 1. The lowest BCUT2D eigenvalue weighted by atomic mass is 9.83. The van der Waals surface area contributed by atoms with Crippen molar-refractivity contribution in [2.45, 2.75) is 19.4 Å². The van der Waals surface area contributed by atoms with Gasteiger partial charge in [-0.2, -0.15) is 5.26 Å². The smallest absolute Gasteiger partial charge is 0.343 e. The van der Waals surface area contributed by atoms with Crippen LogP contribution in [0, 0.1) is 18.3 Å². The molecule has 1 aliphatic heterocycles. The molecule has 216 valence electrons. The zero-order valence-corrected chi connectivity index (χ0v) is 23.8. The lowest BCUT2D eigenvalue weighted by Crippen LogP contribution is -2.21. The molecule has 4 aromatic carbocycles. The highest BCUT2D eigenvalue weighted by atomic mass is 16.5. The van der Waals surface area contributed by atoms with Crippen molar-refractivity contribution in [3.63, 3.8) is 0 Å². The predicted octanol–water partition coefficient (Wildman–Crippen LogP) is 6.58. The van der Waals surface area contributed by atoms with Crippen molar-refractivity contribution >= 4 is 5.97 Å². The highest BCUT2D eigenvalue weighted by molar-refractivity contribution is 5.91. The Kier molecular flexibility index (Phi) is 8.63. The maximum atomic E-state index is 12.8. The van der Waals surface area contributed by atoms with Crippen LogP contribution in [0.3, 0.4) is 0 Å². The summed E-state index contributed by atoms with van der Waals surface area (Å²) < 4.78 is 28.6. The van der Waals surface area contributed by atoms with Crippen molar-refractivity contribution in [3.05, 3.63) is 137 Å². The van der Waals surface area contributed by atoms with Gasteiger partial charge < -0.3 is 29.4 Å². The normalized spacial score (nSPS) is 13.7. The highest BCUT2D eigenvalue weighted by Crippen LogP contribution is 2.45. The number of carbonyl (C=O) groups excluding carboxylic acids is 1. The number of hydrogen-bond acceptors (Lipinski definition) is 8. The number of allylic oxidation sites excluding steroid dienone is 1. The minimum Gasteiger partial charge on any atom is -0.493 e. The lowest BCUT2D eigenvalue weighted by molar-refractivity contribution is 0.0734. The van der Waals surface area contributed by atoms with Gasteiger partial charge in [0.05, 0.1) is 18.6 Å². The van der Waals surface area contributed by atoms with E-state index in [4.69, 9.17) is 29.4 Å². The van der Waals surface area contributed by atoms with Gasteiger partial charge in [-0.15, -0.1) is 0 Å². The molecule has 0 amide bonds. The van der Waals surface area contributed by atoms with Crippen LogP contribution in [0.5, 0.6) is 28.7 Å². The molecule has 0 radical (unpaired) electrons. The molecule has 0 aliphatic carbocycles. The summed E-state index contributed by atoms with van der Waals surface area (Å²) in [4.78, 5) is 12.8. The fourth-order valence-corrected chi connectivity index (χ4v) is 4.68. The van der Waals surface area contributed by atoms with Crippen LogP contribution in [-0.4, -0.2) is 19.7 Å². The van der Waals surface area contributed by atoms with Gasteiger partial charge in [0, 0.05) is 11.6 Å². The zero-order chi connectivity index (χ0) is 30.3. The molecule has 1 atom stereocenters. The van der Waals surface area contributed by atoms with Crippen molar-refractivity contribution in [2.24, 2.45) is 5.73 Å². The van der Waals surface area contributed by atoms with Gasteiger partial charge in [-0.05, 0) is 60.5 Å². The topological polar surface area (TPSA) is 113 Å². The largest absolute Gasteiger partial charge is 0.493 e. The quantitative estimate of drug-likeness (QED) is 0.128. The van der Waals surface area contributed by atoms with Crippen LogP contribution in [0.4, 0.5) is 0 Å². The van der Waals surface area contributed by atoms with Gasteiger partial charge in [0.1, 0.15) is 42.1 Å². The number of methoxy groups -OCH3 is 1. The summed E-state index contributed by atoms with van der Waals surface area (Å²) in [6, 6.07) is 27.4. The maximum Gasteiger partial charge on any atom is 0.343 e. The van der Waals surface area contributed by atoms with E-state index >= 15 is 0 Å². The molecule has 4 aromatic rings. The second-order valence-corrected chi connectivity index (χ2v) is 9.82. The molecule has 1 heterocycles. The van der Waals surface area contributed by atoms with Gasteiger partial charge in [0.2, 0.25) is 5.88 Å². The number of hydrogen-bond donors (Lipinski definition) is 1. The zero-order valence-electron chi connectivity index (χ0n) is 23.8. The second-order valence-electron chi connectivity index (χ2n) is 9.82. The Morgan fingerprint density at radius 2 is 1.72 bits per heavy atom. The van der Waals surface area contributed by atoms with Gasteiger partial charge >= 0.3 is 5.97 Å². The second kappa shape index (κ2) is 12.9. The summed E-state index contributed by atoms with van der Waals surface area (Å²) in [7, 11) is 1.56. The predicted molar refractivity (Wildman–Crippen MR) is 161 cm³/mol. The number of esters is 1. The first-order valence-corrected chi connectivity index (χ1v) is 13.5. The minimum atomic E-state index is -0.547. The van der Waals surface area contributed by atoms with Crippen LogP contribution in [0.2, 0.25) is 0 Å². The molecule has 8 heteroatoms. The molecule has 2 N–H and O–H groups in total. The fraction of sp³-hybridized carbons (Fsp3) is 0.143. The number of aryl methyl sites for hydroxylation is 1. The van der Waals surface area contributed by atoms with Gasteiger partial charge in [-0.25, -0.2) is 4.79 Å². The van der Waals surface area contributed by atoms with E-state index in [2.05, 4.69) is 12.6 Å².